The van der Waals surface area contributed by atoms with Crippen molar-refractivity contribution >= 4 is 29.2 Å². The molecule has 0 bridgehead atoms. The number of benzene rings is 1. The van der Waals surface area contributed by atoms with E-state index in [1.54, 1.807) is 0 Å². The van der Waals surface area contributed by atoms with E-state index in [4.69, 9.17) is 11.6 Å². The Morgan fingerprint density at radius 2 is 1.93 bits per heavy atom. The van der Waals surface area contributed by atoms with Gasteiger partial charge in [0.05, 0.1) is 5.02 Å². The summed E-state index contributed by atoms with van der Waals surface area (Å²) in [6.07, 6.45) is 0. The van der Waals surface area contributed by atoms with Crippen molar-refractivity contribution in [3.63, 3.8) is 0 Å². The van der Waals surface area contributed by atoms with Gasteiger partial charge in [0, 0.05) is 16.7 Å². The number of nitrogens with zero attached hydrogens (tertiary/aromatic N) is 2. The highest BCUT2D eigenvalue weighted by Gasteiger charge is 2.10. The standard InChI is InChI=1S/C11H15ClN2S/c1-8-6-5-7-9(12)10(8)13-14-15-11(2,3)4/h5-7H,1-4H3. The molecule has 1 aromatic rings. The normalized spacial score (nSPS) is 12.3. The van der Waals surface area contributed by atoms with Crippen molar-refractivity contribution in [2.75, 3.05) is 0 Å². The highest BCUT2D eigenvalue weighted by molar-refractivity contribution is 7.99. The van der Waals surface area contributed by atoms with Crippen LogP contribution in [0.5, 0.6) is 0 Å². The van der Waals surface area contributed by atoms with Gasteiger partial charge in [0.25, 0.3) is 0 Å². The number of halogens is 1. The van der Waals surface area contributed by atoms with Gasteiger partial charge in [-0.15, -0.1) is 9.63 Å². The minimum Gasteiger partial charge on any atom is -0.142 e. The van der Waals surface area contributed by atoms with Crippen molar-refractivity contribution in [2.24, 2.45) is 9.63 Å². The van der Waals surface area contributed by atoms with Crippen molar-refractivity contribution in [2.45, 2.75) is 32.4 Å². The maximum atomic E-state index is 6.02. The topological polar surface area (TPSA) is 24.7 Å². The largest absolute Gasteiger partial charge is 0.142 e. The lowest BCUT2D eigenvalue weighted by Gasteiger charge is -2.11. The lowest BCUT2D eigenvalue weighted by molar-refractivity contribution is 0.802. The Bertz CT molecular complexity index is 349. The fraction of sp³-hybridized carbons (Fsp3) is 0.455. The van der Waals surface area contributed by atoms with Crippen LogP contribution in [0, 0.1) is 6.92 Å². The van der Waals surface area contributed by atoms with Crippen LogP contribution in [0.2, 0.25) is 5.02 Å². The number of aryl methyl sites for hydroxylation is 1. The molecule has 0 fully saturated rings. The van der Waals surface area contributed by atoms with E-state index in [1.165, 1.54) is 11.9 Å². The van der Waals surface area contributed by atoms with E-state index in [-0.39, 0.29) is 4.75 Å². The van der Waals surface area contributed by atoms with Crippen molar-refractivity contribution in [1.82, 2.24) is 0 Å². The Labute approximate surface area is 100 Å². The van der Waals surface area contributed by atoms with Crippen LogP contribution in [0.25, 0.3) is 0 Å². The fourth-order valence-corrected chi connectivity index (χ4v) is 1.56. The van der Waals surface area contributed by atoms with Gasteiger partial charge in [-0.25, -0.2) is 0 Å². The summed E-state index contributed by atoms with van der Waals surface area (Å²) in [4.78, 5) is 0. The molecule has 0 amide bonds. The Morgan fingerprint density at radius 3 is 2.47 bits per heavy atom. The average Bonchev–Trinajstić information content (AvgIpc) is 2.08. The molecule has 0 unspecified atom stereocenters. The summed E-state index contributed by atoms with van der Waals surface area (Å²) in [5.74, 6) is 0. The fourth-order valence-electron chi connectivity index (χ4n) is 0.934. The average molecular weight is 243 g/mol. The molecule has 0 aliphatic heterocycles. The quantitative estimate of drug-likeness (QED) is 0.518. The zero-order valence-corrected chi connectivity index (χ0v) is 11.0. The first kappa shape index (κ1) is 12.5. The van der Waals surface area contributed by atoms with Gasteiger partial charge < -0.3 is 0 Å². The second-order valence-electron chi connectivity index (χ2n) is 4.29. The maximum absolute atomic E-state index is 6.02. The molecule has 0 N–H and O–H groups in total. The SMILES string of the molecule is Cc1cccc(Cl)c1N=NSC(C)(C)C. The van der Waals surface area contributed by atoms with Gasteiger partial charge in [0.1, 0.15) is 5.69 Å². The molecule has 0 spiro atoms. The summed E-state index contributed by atoms with van der Waals surface area (Å²) < 4.78 is 4.17. The van der Waals surface area contributed by atoms with Crippen LogP contribution in [-0.2, 0) is 0 Å². The first-order valence-electron chi connectivity index (χ1n) is 4.74. The number of hydrogen-bond donors (Lipinski definition) is 0. The van der Waals surface area contributed by atoms with E-state index in [0.29, 0.717) is 5.02 Å². The van der Waals surface area contributed by atoms with Crippen LogP contribution in [0.4, 0.5) is 5.69 Å². The van der Waals surface area contributed by atoms with Crippen LogP contribution in [0.15, 0.2) is 27.8 Å². The minimum absolute atomic E-state index is 0.0820. The molecule has 0 atom stereocenters. The van der Waals surface area contributed by atoms with E-state index in [9.17, 15) is 0 Å². The maximum Gasteiger partial charge on any atom is 0.108 e. The lowest BCUT2D eigenvalue weighted by atomic mass is 10.2. The van der Waals surface area contributed by atoms with Gasteiger partial charge in [0.2, 0.25) is 0 Å². The molecule has 1 aromatic carbocycles. The highest BCUT2D eigenvalue weighted by Crippen LogP contribution is 2.32. The molecular formula is C11H15ClN2S. The predicted octanol–water partition coefficient (Wildman–Crippen LogP) is 5.18. The predicted molar refractivity (Wildman–Crippen MR) is 68.0 cm³/mol. The smallest absolute Gasteiger partial charge is 0.108 e. The highest BCUT2D eigenvalue weighted by atomic mass is 35.5. The molecule has 0 aliphatic rings. The Balaban J connectivity index is 2.81. The second-order valence-corrected chi connectivity index (χ2v) is 6.27. The van der Waals surface area contributed by atoms with Crippen molar-refractivity contribution < 1.29 is 0 Å². The summed E-state index contributed by atoms with van der Waals surface area (Å²) in [7, 11) is 0. The zero-order chi connectivity index (χ0) is 11.5. The van der Waals surface area contributed by atoms with Crippen LogP contribution in [-0.4, -0.2) is 4.75 Å². The molecule has 0 heterocycles. The van der Waals surface area contributed by atoms with Gasteiger partial charge >= 0.3 is 0 Å². The van der Waals surface area contributed by atoms with Gasteiger partial charge in [-0.2, -0.15) is 0 Å². The van der Waals surface area contributed by atoms with Gasteiger partial charge in [-0.3, -0.25) is 0 Å². The number of rotatable bonds is 2. The third-order valence-electron chi connectivity index (χ3n) is 1.64. The molecule has 1 rings (SSSR count). The minimum atomic E-state index is 0.0820. The van der Waals surface area contributed by atoms with Gasteiger partial charge in [-0.05, 0) is 39.3 Å². The van der Waals surface area contributed by atoms with Crippen molar-refractivity contribution in [3.8, 4) is 0 Å². The van der Waals surface area contributed by atoms with Crippen LogP contribution in [0.1, 0.15) is 26.3 Å². The number of hydrogen-bond acceptors (Lipinski definition) is 3. The van der Waals surface area contributed by atoms with Gasteiger partial charge in [0.15, 0.2) is 0 Å². The van der Waals surface area contributed by atoms with E-state index in [0.717, 1.165) is 11.3 Å². The third-order valence-corrected chi connectivity index (χ3v) is 2.66. The van der Waals surface area contributed by atoms with E-state index >= 15 is 0 Å². The molecule has 82 valence electrons. The summed E-state index contributed by atoms with van der Waals surface area (Å²) in [6.45, 7) is 8.25. The summed E-state index contributed by atoms with van der Waals surface area (Å²) in [5, 5.41) is 4.79. The Kier molecular flexibility index (Phi) is 4.17. The summed E-state index contributed by atoms with van der Waals surface area (Å²) in [6, 6.07) is 5.71. The molecule has 4 heteroatoms. The lowest BCUT2D eigenvalue weighted by Crippen LogP contribution is -2.04. The van der Waals surface area contributed by atoms with Crippen LogP contribution >= 0.6 is 23.5 Å². The molecule has 0 radical (unpaired) electrons. The van der Waals surface area contributed by atoms with Crippen molar-refractivity contribution in [3.05, 3.63) is 28.8 Å². The van der Waals surface area contributed by atoms with Gasteiger partial charge in [-0.1, -0.05) is 23.7 Å². The Hall–Kier alpha value is -0.540. The van der Waals surface area contributed by atoms with E-state index in [2.05, 4.69) is 30.4 Å². The molecule has 15 heavy (non-hydrogen) atoms. The van der Waals surface area contributed by atoms with E-state index < -0.39 is 0 Å². The van der Waals surface area contributed by atoms with Crippen LogP contribution in [0.3, 0.4) is 0 Å². The zero-order valence-electron chi connectivity index (χ0n) is 9.41. The van der Waals surface area contributed by atoms with E-state index in [1.807, 2.05) is 25.1 Å². The molecule has 0 saturated heterocycles. The molecule has 0 aromatic heterocycles. The summed E-state index contributed by atoms with van der Waals surface area (Å²) in [5.41, 5.74) is 1.80. The molecular weight excluding hydrogens is 228 g/mol. The molecule has 0 aliphatic carbocycles. The Morgan fingerprint density at radius 1 is 1.27 bits per heavy atom. The third kappa shape index (κ3) is 4.22. The molecule has 0 saturated carbocycles. The van der Waals surface area contributed by atoms with Crippen LogP contribution < -0.4 is 0 Å². The molecule has 2 nitrogen and oxygen atoms in total. The first-order chi connectivity index (χ1) is 6.90. The second kappa shape index (κ2) is 4.99. The first-order valence-corrected chi connectivity index (χ1v) is 5.89. The van der Waals surface area contributed by atoms with Crippen molar-refractivity contribution in [1.29, 1.82) is 0 Å². The summed E-state index contributed by atoms with van der Waals surface area (Å²) >= 11 is 7.46. The monoisotopic (exact) mass is 242 g/mol.